The van der Waals surface area contributed by atoms with Crippen molar-refractivity contribution in [2.24, 2.45) is 0 Å². The fourth-order valence-electron chi connectivity index (χ4n) is 2.37. The van der Waals surface area contributed by atoms with Crippen LogP contribution >= 0.6 is 15.9 Å². The van der Waals surface area contributed by atoms with Crippen molar-refractivity contribution in [3.8, 4) is 5.75 Å². The molecule has 0 aromatic heterocycles. The molecule has 1 aliphatic rings. The highest BCUT2D eigenvalue weighted by Crippen LogP contribution is 2.41. The lowest BCUT2D eigenvalue weighted by Gasteiger charge is -2.30. The number of hydrogen-bond donors (Lipinski definition) is 1. The molecule has 0 bridgehead atoms. The molecule has 0 fully saturated rings. The number of aliphatic hydroxyl groups excluding tert-OH is 1. The first-order valence-electron chi connectivity index (χ1n) is 6.13. The summed E-state index contributed by atoms with van der Waals surface area (Å²) in [6.45, 7) is 0. The summed E-state index contributed by atoms with van der Waals surface area (Å²) >= 11 is 3.19. The van der Waals surface area contributed by atoms with Crippen molar-refractivity contribution >= 4 is 15.9 Å². The molecule has 5 heteroatoms. The highest BCUT2D eigenvalue weighted by Gasteiger charge is 2.29. The first-order chi connectivity index (χ1) is 9.54. The second kappa shape index (κ2) is 5.14. The monoisotopic (exact) mass is 340 g/mol. The number of benzene rings is 2. The molecule has 0 radical (unpaired) electrons. The van der Waals surface area contributed by atoms with Crippen LogP contribution in [0.4, 0.5) is 8.78 Å². The molecule has 2 nitrogen and oxygen atoms in total. The molecule has 3 rings (SSSR count). The van der Waals surface area contributed by atoms with E-state index in [1.165, 1.54) is 24.3 Å². The van der Waals surface area contributed by atoms with Crippen LogP contribution < -0.4 is 4.74 Å². The van der Waals surface area contributed by atoms with Crippen LogP contribution in [0.5, 0.6) is 5.75 Å². The summed E-state index contributed by atoms with van der Waals surface area (Å²) in [5.74, 6) is -0.611. The molecule has 0 saturated carbocycles. The van der Waals surface area contributed by atoms with Crippen molar-refractivity contribution in [1.29, 1.82) is 0 Å². The molecule has 0 aliphatic carbocycles. The van der Waals surface area contributed by atoms with Gasteiger partial charge in [0.05, 0.1) is 6.10 Å². The van der Waals surface area contributed by atoms with Gasteiger partial charge in [0.2, 0.25) is 0 Å². The van der Waals surface area contributed by atoms with E-state index in [9.17, 15) is 13.9 Å². The third-order valence-electron chi connectivity index (χ3n) is 3.35. The third kappa shape index (κ3) is 2.43. The Hall–Kier alpha value is -1.46. The smallest absolute Gasteiger partial charge is 0.131 e. The predicted molar refractivity (Wildman–Crippen MR) is 73.4 cm³/mol. The molecule has 0 spiro atoms. The molecule has 0 saturated heterocycles. The van der Waals surface area contributed by atoms with E-state index in [1.54, 1.807) is 12.1 Å². The Morgan fingerprint density at radius 1 is 1.10 bits per heavy atom. The maximum Gasteiger partial charge on any atom is 0.131 e. The molecular weight excluding hydrogens is 330 g/mol. The average Bonchev–Trinajstić information content (AvgIpc) is 2.37. The van der Waals surface area contributed by atoms with Gasteiger partial charge < -0.3 is 9.84 Å². The lowest BCUT2D eigenvalue weighted by atomic mass is 9.95. The van der Waals surface area contributed by atoms with Crippen molar-refractivity contribution in [2.45, 2.75) is 18.6 Å². The minimum absolute atomic E-state index is 0.233. The minimum atomic E-state index is -0.799. The second-order valence-corrected chi connectivity index (χ2v) is 5.62. The van der Waals surface area contributed by atoms with Gasteiger partial charge in [0.1, 0.15) is 23.5 Å². The number of rotatable bonds is 1. The van der Waals surface area contributed by atoms with Gasteiger partial charge in [-0.1, -0.05) is 22.0 Å². The fraction of sp³-hybridized carbons (Fsp3) is 0.200. The van der Waals surface area contributed by atoms with E-state index in [0.29, 0.717) is 15.6 Å². The molecule has 20 heavy (non-hydrogen) atoms. The standard InChI is InChI=1S/C15H11BrF2O2/c16-8-1-3-10(12(18)5-8)15-7-13(19)11-4-2-9(17)6-14(11)20-15/h1-6,13,15,19H,7H2/t13-,15?/m1/s1. The van der Waals surface area contributed by atoms with E-state index in [4.69, 9.17) is 4.74 Å². The fourth-order valence-corrected chi connectivity index (χ4v) is 2.70. The van der Waals surface area contributed by atoms with Crippen LogP contribution in [0.3, 0.4) is 0 Å². The molecule has 2 atom stereocenters. The van der Waals surface area contributed by atoms with E-state index in [-0.39, 0.29) is 12.2 Å². The molecule has 2 aromatic carbocycles. The van der Waals surface area contributed by atoms with Gasteiger partial charge in [-0.25, -0.2) is 8.78 Å². The van der Waals surface area contributed by atoms with Crippen LogP contribution in [0.1, 0.15) is 29.8 Å². The SMILES string of the molecule is O[C@@H]1CC(c2ccc(Br)cc2F)Oc2cc(F)ccc21. The van der Waals surface area contributed by atoms with Crippen LogP contribution in [0.15, 0.2) is 40.9 Å². The Balaban J connectivity index is 1.98. The lowest BCUT2D eigenvalue weighted by Crippen LogP contribution is -2.20. The van der Waals surface area contributed by atoms with Crippen molar-refractivity contribution in [1.82, 2.24) is 0 Å². The van der Waals surface area contributed by atoms with Gasteiger partial charge in [-0.2, -0.15) is 0 Å². The van der Waals surface area contributed by atoms with E-state index in [0.717, 1.165) is 0 Å². The number of aliphatic hydroxyl groups is 1. The summed E-state index contributed by atoms with van der Waals surface area (Å²) < 4.78 is 33.5. The van der Waals surface area contributed by atoms with Gasteiger partial charge in [-0.3, -0.25) is 0 Å². The normalized spacial score (nSPS) is 21.2. The number of halogens is 3. The number of fused-ring (bicyclic) bond motifs is 1. The van der Waals surface area contributed by atoms with E-state index >= 15 is 0 Å². The van der Waals surface area contributed by atoms with Crippen molar-refractivity contribution in [3.63, 3.8) is 0 Å². The molecule has 104 valence electrons. The topological polar surface area (TPSA) is 29.5 Å². The number of ether oxygens (including phenoxy) is 1. The van der Waals surface area contributed by atoms with Crippen LogP contribution in [0.2, 0.25) is 0 Å². The summed E-state index contributed by atoms with van der Waals surface area (Å²) in [5.41, 5.74) is 0.877. The predicted octanol–water partition coefficient (Wildman–Crippen LogP) is 4.28. The summed E-state index contributed by atoms with van der Waals surface area (Å²) in [6.07, 6.45) is -1.20. The van der Waals surface area contributed by atoms with Gasteiger partial charge in [0.15, 0.2) is 0 Å². The molecule has 1 aliphatic heterocycles. The van der Waals surface area contributed by atoms with Gasteiger partial charge >= 0.3 is 0 Å². The maximum absolute atomic E-state index is 14.0. The van der Waals surface area contributed by atoms with E-state index < -0.39 is 23.8 Å². The van der Waals surface area contributed by atoms with Gasteiger partial charge in [-0.05, 0) is 24.3 Å². The van der Waals surface area contributed by atoms with Crippen LogP contribution in [0.25, 0.3) is 0 Å². The Morgan fingerprint density at radius 3 is 2.60 bits per heavy atom. The van der Waals surface area contributed by atoms with Crippen molar-refractivity contribution < 1.29 is 18.6 Å². The second-order valence-electron chi connectivity index (χ2n) is 4.71. The van der Waals surface area contributed by atoms with Gasteiger partial charge in [0, 0.05) is 28.1 Å². The first kappa shape index (κ1) is 13.5. The highest BCUT2D eigenvalue weighted by atomic mass is 79.9. The van der Waals surface area contributed by atoms with E-state index in [2.05, 4.69) is 15.9 Å². The summed E-state index contributed by atoms with van der Waals surface area (Å²) in [4.78, 5) is 0. The third-order valence-corrected chi connectivity index (χ3v) is 3.84. The summed E-state index contributed by atoms with van der Waals surface area (Å²) in [5, 5.41) is 10.1. The average molecular weight is 341 g/mol. The summed E-state index contributed by atoms with van der Waals surface area (Å²) in [6, 6.07) is 8.61. The van der Waals surface area contributed by atoms with Crippen LogP contribution in [-0.2, 0) is 0 Å². The Morgan fingerprint density at radius 2 is 1.85 bits per heavy atom. The molecular formula is C15H11BrF2O2. The molecule has 2 aromatic rings. The quantitative estimate of drug-likeness (QED) is 0.839. The molecule has 1 unspecified atom stereocenters. The highest BCUT2D eigenvalue weighted by molar-refractivity contribution is 9.10. The summed E-state index contributed by atoms with van der Waals surface area (Å²) in [7, 11) is 0. The Kier molecular flexibility index (Phi) is 3.48. The van der Waals surface area contributed by atoms with Crippen LogP contribution in [0, 0.1) is 11.6 Å². The first-order valence-corrected chi connectivity index (χ1v) is 6.93. The van der Waals surface area contributed by atoms with Crippen LogP contribution in [-0.4, -0.2) is 5.11 Å². The molecule has 1 heterocycles. The zero-order valence-electron chi connectivity index (χ0n) is 10.3. The zero-order valence-corrected chi connectivity index (χ0v) is 11.9. The van der Waals surface area contributed by atoms with Crippen molar-refractivity contribution in [3.05, 3.63) is 63.6 Å². The number of hydrogen-bond acceptors (Lipinski definition) is 2. The molecule has 0 amide bonds. The minimum Gasteiger partial charge on any atom is -0.485 e. The maximum atomic E-state index is 14.0. The largest absolute Gasteiger partial charge is 0.485 e. The van der Waals surface area contributed by atoms with Crippen molar-refractivity contribution in [2.75, 3.05) is 0 Å². The van der Waals surface area contributed by atoms with Gasteiger partial charge in [-0.15, -0.1) is 0 Å². The lowest BCUT2D eigenvalue weighted by molar-refractivity contribution is 0.0636. The Bertz CT molecular complexity index is 660. The molecule has 1 N–H and O–H groups in total. The van der Waals surface area contributed by atoms with E-state index in [1.807, 2.05) is 0 Å². The van der Waals surface area contributed by atoms with Gasteiger partial charge in [0.25, 0.3) is 0 Å². The zero-order chi connectivity index (χ0) is 14.3. The Labute approximate surface area is 123 Å².